The van der Waals surface area contributed by atoms with Crippen LogP contribution in [0.4, 0.5) is 5.69 Å². The monoisotopic (exact) mass is 368 g/mol. The zero-order valence-electron chi connectivity index (χ0n) is 15.4. The third-order valence-corrected chi connectivity index (χ3v) is 4.15. The molecule has 3 N–H and O–H groups in total. The maximum Gasteiger partial charge on any atom is 0.305 e. The van der Waals surface area contributed by atoms with Gasteiger partial charge in [0.25, 0.3) is 5.91 Å². The first-order chi connectivity index (χ1) is 12.9. The average molecular weight is 368 g/mol. The SMILES string of the molecule is CC(C)C(C(=O)Nc1ccc(C(=O)NCCC(=O)O)cc1)c1ccccc1. The number of aliphatic carboxylic acids is 1. The van der Waals surface area contributed by atoms with Gasteiger partial charge >= 0.3 is 5.97 Å². The zero-order chi connectivity index (χ0) is 19.8. The number of carboxylic acids is 1. The van der Waals surface area contributed by atoms with Crippen LogP contribution in [0.5, 0.6) is 0 Å². The number of rotatable bonds is 8. The van der Waals surface area contributed by atoms with Crippen LogP contribution < -0.4 is 10.6 Å². The first kappa shape index (κ1) is 20.2. The van der Waals surface area contributed by atoms with Gasteiger partial charge in [-0.1, -0.05) is 44.2 Å². The first-order valence-electron chi connectivity index (χ1n) is 8.84. The molecule has 1 unspecified atom stereocenters. The summed E-state index contributed by atoms with van der Waals surface area (Å²) in [5, 5.41) is 14.0. The molecular weight excluding hydrogens is 344 g/mol. The molecule has 0 aliphatic heterocycles. The molecule has 2 rings (SSSR count). The number of carboxylic acid groups (broad SMARTS) is 1. The molecule has 0 spiro atoms. The van der Waals surface area contributed by atoms with Crippen molar-refractivity contribution in [2.75, 3.05) is 11.9 Å². The number of carbonyl (C=O) groups excluding carboxylic acids is 2. The predicted octanol–water partition coefficient (Wildman–Crippen LogP) is 3.27. The van der Waals surface area contributed by atoms with Gasteiger partial charge in [-0.25, -0.2) is 0 Å². The van der Waals surface area contributed by atoms with E-state index in [0.29, 0.717) is 11.3 Å². The lowest BCUT2D eigenvalue weighted by Crippen LogP contribution is -2.26. The lowest BCUT2D eigenvalue weighted by molar-refractivity contribution is -0.136. The van der Waals surface area contributed by atoms with Crippen LogP contribution in [-0.2, 0) is 9.59 Å². The van der Waals surface area contributed by atoms with E-state index in [1.54, 1.807) is 24.3 Å². The van der Waals surface area contributed by atoms with E-state index in [1.165, 1.54) is 0 Å². The number of hydrogen-bond donors (Lipinski definition) is 3. The highest BCUT2D eigenvalue weighted by atomic mass is 16.4. The van der Waals surface area contributed by atoms with Gasteiger partial charge in [-0.15, -0.1) is 0 Å². The van der Waals surface area contributed by atoms with Gasteiger partial charge in [-0.05, 0) is 35.7 Å². The van der Waals surface area contributed by atoms with Crippen LogP contribution in [0.2, 0.25) is 0 Å². The maximum absolute atomic E-state index is 12.7. The van der Waals surface area contributed by atoms with E-state index in [0.717, 1.165) is 5.56 Å². The molecule has 0 aliphatic rings. The first-order valence-corrected chi connectivity index (χ1v) is 8.84. The van der Waals surface area contributed by atoms with E-state index in [-0.39, 0.29) is 36.6 Å². The van der Waals surface area contributed by atoms with Gasteiger partial charge in [-0.2, -0.15) is 0 Å². The molecule has 142 valence electrons. The van der Waals surface area contributed by atoms with Crippen LogP contribution in [0.3, 0.4) is 0 Å². The number of hydrogen-bond acceptors (Lipinski definition) is 3. The van der Waals surface area contributed by atoms with Crippen molar-refractivity contribution in [2.45, 2.75) is 26.2 Å². The van der Waals surface area contributed by atoms with Gasteiger partial charge in [0, 0.05) is 17.8 Å². The summed E-state index contributed by atoms with van der Waals surface area (Å²) in [6, 6.07) is 16.1. The van der Waals surface area contributed by atoms with Crippen molar-refractivity contribution < 1.29 is 19.5 Å². The normalized spacial score (nSPS) is 11.7. The molecule has 0 saturated heterocycles. The Bertz CT molecular complexity index is 786. The summed E-state index contributed by atoms with van der Waals surface area (Å²) in [5.74, 6) is -1.56. The second-order valence-electron chi connectivity index (χ2n) is 6.60. The van der Waals surface area contributed by atoms with Gasteiger partial charge in [0.05, 0.1) is 12.3 Å². The fraction of sp³-hybridized carbons (Fsp3) is 0.286. The number of benzene rings is 2. The molecule has 0 heterocycles. The number of nitrogens with one attached hydrogen (secondary N) is 2. The Hall–Kier alpha value is -3.15. The zero-order valence-corrected chi connectivity index (χ0v) is 15.4. The van der Waals surface area contributed by atoms with Crippen molar-refractivity contribution in [1.29, 1.82) is 0 Å². The molecule has 2 aromatic carbocycles. The van der Waals surface area contributed by atoms with E-state index in [4.69, 9.17) is 5.11 Å². The standard InChI is InChI=1S/C21H24N2O4/c1-14(2)19(15-6-4-3-5-7-15)21(27)23-17-10-8-16(9-11-17)20(26)22-13-12-18(24)25/h3-11,14,19H,12-13H2,1-2H3,(H,22,26)(H,23,27)(H,24,25). The second-order valence-corrected chi connectivity index (χ2v) is 6.60. The molecule has 0 fully saturated rings. The van der Waals surface area contributed by atoms with Crippen LogP contribution in [0.25, 0.3) is 0 Å². The Kier molecular flexibility index (Phi) is 7.11. The van der Waals surface area contributed by atoms with Crippen LogP contribution in [0, 0.1) is 5.92 Å². The summed E-state index contributed by atoms with van der Waals surface area (Å²) in [4.78, 5) is 35.2. The number of amides is 2. The predicted molar refractivity (Wildman–Crippen MR) is 104 cm³/mol. The van der Waals surface area contributed by atoms with Gasteiger partial charge in [0.15, 0.2) is 0 Å². The summed E-state index contributed by atoms with van der Waals surface area (Å²) in [6.07, 6.45) is -0.129. The van der Waals surface area contributed by atoms with E-state index in [1.807, 2.05) is 44.2 Å². The van der Waals surface area contributed by atoms with Gasteiger partial charge in [-0.3, -0.25) is 14.4 Å². The lowest BCUT2D eigenvalue weighted by atomic mass is 9.87. The molecule has 0 saturated carbocycles. The van der Waals surface area contributed by atoms with E-state index >= 15 is 0 Å². The summed E-state index contributed by atoms with van der Waals surface area (Å²) < 4.78 is 0. The van der Waals surface area contributed by atoms with E-state index in [2.05, 4.69) is 10.6 Å². The molecule has 6 heteroatoms. The van der Waals surface area contributed by atoms with Crippen LogP contribution in [-0.4, -0.2) is 29.4 Å². The van der Waals surface area contributed by atoms with Crippen molar-refractivity contribution in [3.63, 3.8) is 0 Å². The molecular formula is C21H24N2O4. The summed E-state index contributed by atoms with van der Waals surface area (Å²) >= 11 is 0. The summed E-state index contributed by atoms with van der Waals surface area (Å²) in [7, 11) is 0. The van der Waals surface area contributed by atoms with Crippen molar-refractivity contribution in [1.82, 2.24) is 5.32 Å². The second kappa shape index (κ2) is 9.52. The molecule has 6 nitrogen and oxygen atoms in total. The average Bonchev–Trinajstić information content (AvgIpc) is 2.62. The fourth-order valence-electron chi connectivity index (χ4n) is 2.81. The van der Waals surface area contributed by atoms with E-state index in [9.17, 15) is 14.4 Å². The Morgan fingerprint density at radius 2 is 1.59 bits per heavy atom. The molecule has 0 aliphatic carbocycles. The Morgan fingerprint density at radius 3 is 2.15 bits per heavy atom. The highest BCUT2D eigenvalue weighted by Gasteiger charge is 2.24. The van der Waals surface area contributed by atoms with E-state index < -0.39 is 5.97 Å². The molecule has 0 radical (unpaired) electrons. The summed E-state index contributed by atoms with van der Waals surface area (Å²) in [6.45, 7) is 4.07. The molecule has 2 amide bonds. The Morgan fingerprint density at radius 1 is 0.963 bits per heavy atom. The highest BCUT2D eigenvalue weighted by Crippen LogP contribution is 2.26. The largest absolute Gasteiger partial charge is 0.481 e. The minimum absolute atomic E-state index is 0.0692. The highest BCUT2D eigenvalue weighted by molar-refractivity contribution is 5.98. The lowest BCUT2D eigenvalue weighted by Gasteiger charge is -2.20. The molecule has 2 aromatic rings. The fourth-order valence-corrected chi connectivity index (χ4v) is 2.81. The van der Waals surface area contributed by atoms with Crippen molar-refractivity contribution in [3.8, 4) is 0 Å². The van der Waals surface area contributed by atoms with Gasteiger partial charge in [0.1, 0.15) is 0 Å². The van der Waals surface area contributed by atoms with Crippen LogP contribution in [0.1, 0.15) is 42.1 Å². The Balaban J connectivity index is 2.01. The summed E-state index contributed by atoms with van der Waals surface area (Å²) in [5.41, 5.74) is 1.96. The number of carbonyl (C=O) groups is 3. The smallest absolute Gasteiger partial charge is 0.305 e. The van der Waals surface area contributed by atoms with Gasteiger partial charge in [0.2, 0.25) is 5.91 Å². The Labute approximate surface area is 158 Å². The maximum atomic E-state index is 12.7. The van der Waals surface area contributed by atoms with Gasteiger partial charge < -0.3 is 15.7 Å². The van der Waals surface area contributed by atoms with Crippen LogP contribution >= 0.6 is 0 Å². The minimum atomic E-state index is -0.966. The van der Waals surface area contributed by atoms with Crippen LogP contribution in [0.15, 0.2) is 54.6 Å². The molecule has 0 bridgehead atoms. The number of anilines is 1. The molecule has 0 aromatic heterocycles. The van der Waals surface area contributed by atoms with Crippen molar-refractivity contribution in [3.05, 3.63) is 65.7 Å². The molecule has 1 atom stereocenters. The minimum Gasteiger partial charge on any atom is -0.481 e. The van der Waals surface area contributed by atoms with Crippen molar-refractivity contribution >= 4 is 23.5 Å². The third kappa shape index (κ3) is 5.95. The quantitative estimate of drug-likeness (QED) is 0.666. The van der Waals surface area contributed by atoms with Crippen molar-refractivity contribution in [2.24, 2.45) is 5.92 Å². The molecule has 27 heavy (non-hydrogen) atoms. The topological polar surface area (TPSA) is 95.5 Å². The third-order valence-electron chi connectivity index (χ3n) is 4.15.